The molecule has 1 saturated carbocycles. The molecule has 1 amide bonds. The number of rotatable bonds is 4. The fourth-order valence-corrected chi connectivity index (χ4v) is 3.29. The fourth-order valence-electron chi connectivity index (χ4n) is 3.29. The summed E-state index contributed by atoms with van der Waals surface area (Å²) in [6.07, 6.45) is 1.10. The van der Waals surface area contributed by atoms with Gasteiger partial charge in [0.15, 0.2) is 0 Å². The topological polar surface area (TPSA) is 23.6 Å². The van der Waals surface area contributed by atoms with E-state index in [2.05, 4.69) is 54.8 Å². The van der Waals surface area contributed by atoms with Crippen molar-refractivity contribution >= 4 is 5.91 Å². The molecule has 1 aliphatic carbocycles. The molecule has 1 heterocycles. The minimum absolute atomic E-state index is 0.329. The van der Waals surface area contributed by atoms with Gasteiger partial charge in [0.2, 0.25) is 5.91 Å². The summed E-state index contributed by atoms with van der Waals surface area (Å²) in [5, 5.41) is 0. The van der Waals surface area contributed by atoms with Crippen LogP contribution in [-0.2, 0) is 11.3 Å². The third-order valence-corrected chi connectivity index (χ3v) is 5.16. The minimum Gasteiger partial charge on any atom is -0.340 e. The number of hydrogen-bond acceptors (Lipinski definition) is 2. The van der Waals surface area contributed by atoms with Crippen LogP contribution in [0.2, 0.25) is 0 Å². The monoisotopic (exact) mass is 300 g/mol. The maximum atomic E-state index is 12.2. The smallest absolute Gasteiger partial charge is 0.226 e. The van der Waals surface area contributed by atoms with Gasteiger partial charge in [0.05, 0.1) is 0 Å². The van der Waals surface area contributed by atoms with E-state index in [1.807, 2.05) is 0 Å². The van der Waals surface area contributed by atoms with Crippen LogP contribution in [-0.4, -0.2) is 41.9 Å². The number of benzene rings is 1. The zero-order chi connectivity index (χ0) is 15.7. The first kappa shape index (κ1) is 15.5. The maximum absolute atomic E-state index is 12.2. The first-order valence-electron chi connectivity index (χ1n) is 8.64. The second kappa shape index (κ2) is 6.41. The molecule has 2 unspecified atom stereocenters. The van der Waals surface area contributed by atoms with Crippen molar-refractivity contribution in [2.24, 2.45) is 11.8 Å². The number of amides is 1. The predicted molar refractivity (Wildman–Crippen MR) is 89.7 cm³/mol. The van der Waals surface area contributed by atoms with E-state index in [0.717, 1.165) is 39.1 Å². The molecule has 2 aliphatic rings. The highest BCUT2D eigenvalue weighted by Gasteiger charge is 2.41. The summed E-state index contributed by atoms with van der Waals surface area (Å²) < 4.78 is 0. The van der Waals surface area contributed by atoms with Crippen molar-refractivity contribution in [1.82, 2.24) is 9.80 Å². The third-order valence-electron chi connectivity index (χ3n) is 5.16. The highest BCUT2D eigenvalue weighted by molar-refractivity contribution is 5.81. The molecular weight excluding hydrogens is 272 g/mol. The third kappa shape index (κ3) is 3.52. The summed E-state index contributed by atoms with van der Waals surface area (Å²) in [6, 6.07) is 8.99. The molecule has 0 radical (unpaired) electrons. The number of nitrogens with zero attached hydrogens (tertiary/aromatic N) is 2. The van der Waals surface area contributed by atoms with E-state index in [1.54, 1.807) is 0 Å². The lowest BCUT2D eigenvalue weighted by Crippen LogP contribution is -2.48. The van der Waals surface area contributed by atoms with E-state index in [0.29, 0.717) is 23.7 Å². The molecule has 1 aliphatic heterocycles. The van der Waals surface area contributed by atoms with Crippen LogP contribution in [0.5, 0.6) is 0 Å². The Morgan fingerprint density at radius 1 is 1.14 bits per heavy atom. The lowest BCUT2D eigenvalue weighted by atomic mass is 10.0. The van der Waals surface area contributed by atoms with Gasteiger partial charge in [0.25, 0.3) is 0 Å². The average Bonchev–Trinajstić information content (AvgIpc) is 3.25. The van der Waals surface area contributed by atoms with Crippen LogP contribution < -0.4 is 0 Å². The Hall–Kier alpha value is -1.35. The molecule has 2 fully saturated rings. The van der Waals surface area contributed by atoms with Crippen LogP contribution in [0, 0.1) is 11.8 Å². The first-order valence-corrected chi connectivity index (χ1v) is 8.64. The van der Waals surface area contributed by atoms with Gasteiger partial charge in [-0.25, -0.2) is 0 Å². The lowest BCUT2D eigenvalue weighted by molar-refractivity contribution is -0.134. The maximum Gasteiger partial charge on any atom is 0.226 e. The number of hydrogen-bond donors (Lipinski definition) is 0. The van der Waals surface area contributed by atoms with Gasteiger partial charge in [-0.1, -0.05) is 45.0 Å². The van der Waals surface area contributed by atoms with Crippen molar-refractivity contribution in [3.63, 3.8) is 0 Å². The molecule has 1 aromatic carbocycles. The largest absolute Gasteiger partial charge is 0.340 e. The molecule has 0 N–H and O–H groups in total. The predicted octanol–water partition coefficient (Wildman–Crippen LogP) is 3.11. The van der Waals surface area contributed by atoms with Gasteiger partial charge in [-0.3, -0.25) is 9.69 Å². The summed E-state index contributed by atoms with van der Waals surface area (Å²) in [6.45, 7) is 11.4. The number of carbonyl (C=O) groups is 1. The minimum atomic E-state index is 0.329. The summed E-state index contributed by atoms with van der Waals surface area (Å²) in [5.74, 6) is 1.93. The van der Waals surface area contributed by atoms with E-state index < -0.39 is 0 Å². The molecule has 0 bridgehead atoms. The number of carbonyl (C=O) groups excluding carboxylic acids is 1. The molecule has 3 nitrogen and oxygen atoms in total. The highest BCUT2D eigenvalue weighted by atomic mass is 16.2. The van der Waals surface area contributed by atoms with Gasteiger partial charge in [-0.15, -0.1) is 0 Å². The van der Waals surface area contributed by atoms with Crippen molar-refractivity contribution in [3.05, 3.63) is 35.4 Å². The van der Waals surface area contributed by atoms with E-state index in [9.17, 15) is 4.79 Å². The van der Waals surface area contributed by atoms with E-state index in [4.69, 9.17) is 0 Å². The van der Waals surface area contributed by atoms with E-state index >= 15 is 0 Å². The number of piperazine rings is 1. The standard InChI is InChI=1S/C19H28N2O/c1-14(2)17-6-4-16(5-7-17)13-20-8-10-21(11-9-20)19(22)18-12-15(18)3/h4-7,14-15,18H,8-13H2,1-3H3. The lowest BCUT2D eigenvalue weighted by Gasteiger charge is -2.35. The van der Waals surface area contributed by atoms with Crippen molar-refractivity contribution in [1.29, 1.82) is 0 Å². The second-order valence-corrected chi connectivity index (χ2v) is 7.32. The van der Waals surface area contributed by atoms with E-state index in [-0.39, 0.29) is 0 Å². The van der Waals surface area contributed by atoms with Crippen molar-refractivity contribution < 1.29 is 4.79 Å². The van der Waals surface area contributed by atoms with Crippen LogP contribution >= 0.6 is 0 Å². The van der Waals surface area contributed by atoms with Crippen LogP contribution in [0.15, 0.2) is 24.3 Å². The Bertz CT molecular complexity index is 515. The van der Waals surface area contributed by atoms with Gasteiger partial charge in [0, 0.05) is 38.6 Å². The Morgan fingerprint density at radius 2 is 1.73 bits per heavy atom. The Kier molecular flexibility index (Phi) is 4.53. The van der Waals surface area contributed by atoms with Crippen molar-refractivity contribution in [3.8, 4) is 0 Å². The normalized spacial score (nSPS) is 25.5. The Morgan fingerprint density at radius 3 is 2.23 bits per heavy atom. The van der Waals surface area contributed by atoms with Crippen LogP contribution in [0.1, 0.15) is 44.2 Å². The highest BCUT2D eigenvalue weighted by Crippen LogP contribution is 2.39. The molecule has 1 aromatic rings. The Balaban J connectivity index is 1.48. The van der Waals surface area contributed by atoms with E-state index in [1.165, 1.54) is 11.1 Å². The summed E-state index contributed by atoms with van der Waals surface area (Å²) >= 11 is 0. The molecule has 22 heavy (non-hydrogen) atoms. The molecule has 1 saturated heterocycles. The average molecular weight is 300 g/mol. The van der Waals surface area contributed by atoms with Gasteiger partial charge in [-0.2, -0.15) is 0 Å². The fraction of sp³-hybridized carbons (Fsp3) is 0.632. The van der Waals surface area contributed by atoms with Crippen molar-refractivity contribution in [2.75, 3.05) is 26.2 Å². The van der Waals surface area contributed by atoms with Gasteiger partial charge in [-0.05, 0) is 29.4 Å². The molecule has 3 heteroatoms. The first-order chi connectivity index (χ1) is 10.5. The molecular formula is C19H28N2O. The van der Waals surface area contributed by atoms with Gasteiger partial charge >= 0.3 is 0 Å². The van der Waals surface area contributed by atoms with Gasteiger partial charge < -0.3 is 4.90 Å². The SMILES string of the molecule is CC(C)c1ccc(CN2CCN(C(=O)C3CC3C)CC2)cc1. The summed E-state index contributed by atoms with van der Waals surface area (Å²) in [7, 11) is 0. The second-order valence-electron chi connectivity index (χ2n) is 7.32. The zero-order valence-electron chi connectivity index (χ0n) is 14.1. The van der Waals surface area contributed by atoms with Gasteiger partial charge in [0.1, 0.15) is 0 Å². The quantitative estimate of drug-likeness (QED) is 0.853. The Labute approximate surface area is 134 Å². The molecule has 3 rings (SSSR count). The molecule has 2 atom stereocenters. The van der Waals surface area contributed by atoms with Crippen LogP contribution in [0.4, 0.5) is 0 Å². The molecule has 120 valence electrons. The van der Waals surface area contributed by atoms with Crippen molar-refractivity contribution in [2.45, 2.75) is 39.7 Å². The summed E-state index contributed by atoms with van der Waals surface area (Å²) in [4.78, 5) is 16.8. The van der Waals surface area contributed by atoms with Crippen LogP contribution in [0.3, 0.4) is 0 Å². The summed E-state index contributed by atoms with van der Waals surface area (Å²) in [5.41, 5.74) is 2.78. The molecule has 0 spiro atoms. The zero-order valence-corrected chi connectivity index (χ0v) is 14.1. The molecule has 0 aromatic heterocycles. The van der Waals surface area contributed by atoms with Crippen LogP contribution in [0.25, 0.3) is 0 Å².